The van der Waals surface area contributed by atoms with Gasteiger partial charge in [0, 0.05) is 25.2 Å². The fourth-order valence-electron chi connectivity index (χ4n) is 1.58. The summed E-state index contributed by atoms with van der Waals surface area (Å²) in [6.07, 6.45) is -5.10. The largest absolute Gasteiger partial charge is 0.497 e. The molecule has 0 aliphatic heterocycles. The van der Waals surface area contributed by atoms with E-state index in [0.29, 0.717) is 17.0 Å². The number of hydrogen-bond donors (Lipinski definition) is 1. The number of nitrogens with two attached hydrogens (primary N) is 1. The smallest absolute Gasteiger partial charge is 0.390 e. The molecule has 0 unspecified atom stereocenters. The van der Waals surface area contributed by atoms with Crippen LogP contribution in [-0.4, -0.2) is 31.9 Å². The van der Waals surface area contributed by atoms with E-state index in [2.05, 4.69) is 0 Å². The molecular weight excluding hydrogens is 277 g/mol. The van der Waals surface area contributed by atoms with Gasteiger partial charge in [0.05, 0.1) is 19.2 Å². The molecule has 0 bridgehead atoms. The average molecular weight is 292 g/mol. The summed E-state index contributed by atoms with van der Waals surface area (Å²) in [6.45, 7) is -0.174. The highest BCUT2D eigenvalue weighted by Crippen LogP contribution is 2.27. The predicted octanol–water partition coefficient (Wildman–Crippen LogP) is 2.72. The first-order valence-electron chi connectivity index (χ1n) is 5.50. The molecule has 0 aliphatic carbocycles. The molecule has 1 aromatic rings. The number of hydrogen-bond acceptors (Lipinski definition) is 3. The second-order valence-corrected chi connectivity index (χ2v) is 4.47. The van der Waals surface area contributed by atoms with Crippen molar-refractivity contribution in [2.45, 2.75) is 12.6 Å². The minimum atomic E-state index is -4.20. The van der Waals surface area contributed by atoms with Gasteiger partial charge in [0.25, 0.3) is 0 Å². The normalized spacial score (nSPS) is 11.2. The third-order valence-electron chi connectivity index (χ3n) is 2.61. The van der Waals surface area contributed by atoms with Gasteiger partial charge in [-0.2, -0.15) is 13.2 Å². The van der Waals surface area contributed by atoms with E-state index < -0.39 is 12.6 Å². The fourth-order valence-corrected chi connectivity index (χ4v) is 1.75. The van der Waals surface area contributed by atoms with Crippen molar-refractivity contribution >= 4 is 22.9 Å². The second kappa shape index (κ2) is 6.10. The molecule has 0 aliphatic rings. The molecule has 2 N–H and O–H groups in total. The van der Waals surface area contributed by atoms with Crippen LogP contribution in [0.3, 0.4) is 0 Å². The molecule has 0 fully saturated rings. The van der Waals surface area contributed by atoms with Crippen LogP contribution in [0.25, 0.3) is 0 Å². The van der Waals surface area contributed by atoms with Crippen LogP contribution < -0.4 is 15.4 Å². The summed E-state index contributed by atoms with van der Waals surface area (Å²) in [5, 5.41) is 0. The Morgan fingerprint density at radius 3 is 2.53 bits per heavy atom. The number of benzene rings is 1. The lowest BCUT2D eigenvalue weighted by molar-refractivity contribution is -0.132. The summed E-state index contributed by atoms with van der Waals surface area (Å²) in [6, 6.07) is 4.92. The fraction of sp³-hybridized carbons (Fsp3) is 0.417. The molecule has 106 valence electrons. The predicted molar refractivity (Wildman–Crippen MR) is 72.8 cm³/mol. The number of alkyl halides is 3. The number of ether oxygens (including phenoxy) is 1. The number of methoxy groups -OCH3 is 1. The maximum Gasteiger partial charge on any atom is 0.390 e. The number of anilines is 1. The van der Waals surface area contributed by atoms with Crippen molar-refractivity contribution in [3.63, 3.8) is 0 Å². The lowest BCUT2D eigenvalue weighted by atomic mass is 10.1. The summed E-state index contributed by atoms with van der Waals surface area (Å²) in [7, 11) is 3.04. The summed E-state index contributed by atoms with van der Waals surface area (Å²) in [5.74, 6) is 0.536. The lowest BCUT2D eigenvalue weighted by Gasteiger charge is -2.23. The van der Waals surface area contributed by atoms with Crippen LogP contribution in [0.5, 0.6) is 5.75 Å². The molecule has 3 nitrogen and oxygen atoms in total. The Kier molecular flexibility index (Phi) is 4.99. The minimum Gasteiger partial charge on any atom is -0.497 e. The van der Waals surface area contributed by atoms with Crippen molar-refractivity contribution in [2.24, 2.45) is 5.73 Å². The van der Waals surface area contributed by atoms with Gasteiger partial charge in [-0.15, -0.1) is 0 Å². The highest BCUT2D eigenvalue weighted by Gasteiger charge is 2.27. The molecule has 0 amide bonds. The van der Waals surface area contributed by atoms with E-state index in [1.165, 1.54) is 12.0 Å². The van der Waals surface area contributed by atoms with Crippen molar-refractivity contribution in [1.29, 1.82) is 0 Å². The molecular formula is C12H15F3N2OS. The van der Waals surface area contributed by atoms with Crippen molar-refractivity contribution in [1.82, 2.24) is 0 Å². The summed E-state index contributed by atoms with van der Waals surface area (Å²) in [4.78, 5) is 1.60. The van der Waals surface area contributed by atoms with Crippen LogP contribution >= 0.6 is 12.2 Å². The van der Waals surface area contributed by atoms with Gasteiger partial charge in [-0.3, -0.25) is 0 Å². The minimum absolute atomic E-state index is 0.136. The third-order valence-corrected chi connectivity index (χ3v) is 2.83. The van der Waals surface area contributed by atoms with Gasteiger partial charge in [-0.1, -0.05) is 12.2 Å². The van der Waals surface area contributed by atoms with Crippen LogP contribution in [0.4, 0.5) is 18.9 Å². The van der Waals surface area contributed by atoms with Gasteiger partial charge in [0.15, 0.2) is 0 Å². The van der Waals surface area contributed by atoms with Crippen LogP contribution in [0.1, 0.15) is 12.0 Å². The SMILES string of the molecule is COc1ccc(C(N)=S)c(N(C)CCC(F)(F)F)c1. The first-order valence-corrected chi connectivity index (χ1v) is 5.91. The molecule has 1 rings (SSSR count). The molecule has 1 aromatic carbocycles. The standard InChI is InChI=1S/C12H15F3N2OS/c1-17(6-5-12(13,14)15)10-7-8(18-2)3-4-9(10)11(16)19/h3-4,7H,5-6H2,1-2H3,(H2,16,19). The van der Waals surface area contributed by atoms with Gasteiger partial charge in [-0.05, 0) is 12.1 Å². The first kappa shape index (κ1) is 15.6. The van der Waals surface area contributed by atoms with Gasteiger partial charge < -0.3 is 15.4 Å². The van der Waals surface area contributed by atoms with E-state index in [1.54, 1.807) is 25.2 Å². The van der Waals surface area contributed by atoms with Gasteiger partial charge in [0.2, 0.25) is 0 Å². The quantitative estimate of drug-likeness (QED) is 0.847. The Balaban J connectivity index is 2.98. The van der Waals surface area contributed by atoms with E-state index in [9.17, 15) is 13.2 Å². The van der Waals surface area contributed by atoms with E-state index in [0.717, 1.165) is 0 Å². The summed E-state index contributed by atoms with van der Waals surface area (Å²) < 4.78 is 41.8. The molecule has 0 saturated carbocycles. The van der Waals surface area contributed by atoms with Gasteiger partial charge in [-0.25, -0.2) is 0 Å². The molecule has 7 heteroatoms. The summed E-state index contributed by atoms with van der Waals surface area (Å²) in [5.41, 5.74) is 6.62. The second-order valence-electron chi connectivity index (χ2n) is 4.03. The zero-order valence-corrected chi connectivity index (χ0v) is 11.4. The molecule has 0 radical (unpaired) electrons. The number of nitrogens with zero attached hydrogens (tertiary/aromatic N) is 1. The van der Waals surface area contributed by atoms with Crippen LogP contribution in [-0.2, 0) is 0 Å². The zero-order valence-electron chi connectivity index (χ0n) is 10.6. The van der Waals surface area contributed by atoms with E-state index in [4.69, 9.17) is 22.7 Å². The molecule has 0 spiro atoms. The van der Waals surface area contributed by atoms with Gasteiger partial charge in [0.1, 0.15) is 10.7 Å². The topological polar surface area (TPSA) is 38.5 Å². The van der Waals surface area contributed by atoms with Crippen molar-refractivity contribution < 1.29 is 17.9 Å². The first-order chi connectivity index (χ1) is 8.74. The number of thiocarbonyl (C=S) groups is 1. The highest BCUT2D eigenvalue weighted by molar-refractivity contribution is 7.80. The molecule has 0 atom stereocenters. The molecule has 19 heavy (non-hydrogen) atoms. The van der Waals surface area contributed by atoms with Crippen LogP contribution in [0.2, 0.25) is 0 Å². The van der Waals surface area contributed by atoms with E-state index in [1.807, 2.05) is 0 Å². The van der Waals surface area contributed by atoms with Gasteiger partial charge >= 0.3 is 6.18 Å². The Labute approximate surface area is 115 Å². The van der Waals surface area contributed by atoms with Crippen molar-refractivity contribution in [3.8, 4) is 5.75 Å². The number of halogens is 3. The Morgan fingerprint density at radius 1 is 1.42 bits per heavy atom. The molecule has 0 saturated heterocycles. The Bertz CT molecular complexity index is 463. The third kappa shape index (κ3) is 4.59. The molecule has 0 heterocycles. The van der Waals surface area contributed by atoms with Crippen LogP contribution in [0, 0.1) is 0 Å². The number of rotatable bonds is 5. The maximum atomic E-state index is 12.2. The Hall–Kier alpha value is -1.50. The van der Waals surface area contributed by atoms with Crippen molar-refractivity contribution in [3.05, 3.63) is 23.8 Å². The van der Waals surface area contributed by atoms with E-state index in [-0.39, 0.29) is 11.5 Å². The molecule has 0 aromatic heterocycles. The highest BCUT2D eigenvalue weighted by atomic mass is 32.1. The maximum absolute atomic E-state index is 12.2. The summed E-state index contributed by atoms with van der Waals surface area (Å²) >= 11 is 4.89. The Morgan fingerprint density at radius 2 is 2.05 bits per heavy atom. The van der Waals surface area contributed by atoms with Crippen LogP contribution in [0.15, 0.2) is 18.2 Å². The lowest BCUT2D eigenvalue weighted by Crippen LogP contribution is -2.26. The monoisotopic (exact) mass is 292 g/mol. The van der Waals surface area contributed by atoms with E-state index >= 15 is 0 Å². The average Bonchev–Trinajstić information content (AvgIpc) is 2.34. The zero-order chi connectivity index (χ0) is 14.6. The van der Waals surface area contributed by atoms with Crippen molar-refractivity contribution in [2.75, 3.05) is 25.6 Å².